The van der Waals surface area contributed by atoms with Gasteiger partial charge in [-0.3, -0.25) is 4.68 Å². The number of nitrogens with one attached hydrogen (secondary N) is 1. The van der Waals surface area contributed by atoms with Crippen LogP contribution in [0, 0.1) is 13.8 Å². The zero-order chi connectivity index (χ0) is 18.4. The van der Waals surface area contributed by atoms with E-state index >= 15 is 0 Å². The van der Waals surface area contributed by atoms with Gasteiger partial charge in [0.1, 0.15) is 6.04 Å². The summed E-state index contributed by atoms with van der Waals surface area (Å²) in [7, 11) is 1.96. The molecule has 7 nitrogen and oxygen atoms in total. The topological polar surface area (TPSA) is 73.5 Å². The number of rotatable bonds is 3. The van der Waals surface area contributed by atoms with Crippen LogP contribution < -0.4 is 5.32 Å². The molecule has 0 amide bonds. The monoisotopic (exact) mass is 369 g/mol. The highest BCUT2D eigenvalue weighted by atomic mass is 35.5. The molecule has 0 radical (unpaired) electrons. The number of fused-ring (bicyclic) bond motifs is 1. The van der Waals surface area contributed by atoms with Crippen LogP contribution in [0.15, 0.2) is 29.8 Å². The number of tetrazole rings is 1. The molecule has 0 spiro atoms. The molecule has 26 heavy (non-hydrogen) atoms. The molecule has 2 aromatic heterocycles. The van der Waals surface area contributed by atoms with E-state index < -0.39 is 0 Å². The summed E-state index contributed by atoms with van der Waals surface area (Å²) in [6.45, 7) is 6.26. The average Bonchev–Trinajstić information content (AvgIpc) is 3.19. The van der Waals surface area contributed by atoms with Crippen molar-refractivity contribution in [2.24, 2.45) is 7.05 Å². The number of anilines is 1. The zero-order valence-electron chi connectivity index (χ0n) is 15.2. The Hall–Kier alpha value is -2.67. The highest BCUT2D eigenvalue weighted by Crippen LogP contribution is 2.41. The molecule has 0 unspecified atom stereocenters. The van der Waals surface area contributed by atoms with Crippen molar-refractivity contribution in [1.82, 2.24) is 30.0 Å². The van der Waals surface area contributed by atoms with Crippen LogP contribution in [-0.4, -0.2) is 30.0 Å². The Morgan fingerprint density at radius 3 is 2.54 bits per heavy atom. The van der Waals surface area contributed by atoms with Crippen LogP contribution in [0.3, 0.4) is 0 Å². The first-order valence-electron chi connectivity index (χ1n) is 8.55. The molecule has 0 fully saturated rings. The van der Waals surface area contributed by atoms with Gasteiger partial charge >= 0.3 is 0 Å². The van der Waals surface area contributed by atoms with Gasteiger partial charge in [0.05, 0.1) is 5.69 Å². The van der Waals surface area contributed by atoms with E-state index in [9.17, 15) is 0 Å². The van der Waals surface area contributed by atoms with E-state index in [4.69, 9.17) is 11.6 Å². The Balaban J connectivity index is 1.97. The molecule has 1 aliphatic heterocycles. The standard InChI is InChI=1S/C18H20ClN7/c1-5-14-16(12-6-8-13(19)9-7-12)20-18-21-23-24-26(18)17(14)15-10(2)22-25(4)11(15)3/h6-9,17H,5H2,1-4H3,(H,20,21,24)/t17-/m0/s1. The molecule has 1 aliphatic rings. The van der Waals surface area contributed by atoms with Gasteiger partial charge in [0.15, 0.2) is 0 Å². The Morgan fingerprint density at radius 1 is 1.19 bits per heavy atom. The molecule has 0 aliphatic carbocycles. The lowest BCUT2D eigenvalue weighted by Gasteiger charge is -2.30. The van der Waals surface area contributed by atoms with E-state index in [1.54, 1.807) is 0 Å². The van der Waals surface area contributed by atoms with Gasteiger partial charge < -0.3 is 5.32 Å². The van der Waals surface area contributed by atoms with Crippen molar-refractivity contribution in [2.75, 3.05) is 5.32 Å². The van der Waals surface area contributed by atoms with Crippen molar-refractivity contribution in [3.05, 3.63) is 57.4 Å². The number of aromatic nitrogens is 6. The van der Waals surface area contributed by atoms with Crippen LogP contribution >= 0.6 is 11.6 Å². The highest BCUT2D eigenvalue weighted by molar-refractivity contribution is 6.30. The molecule has 8 heteroatoms. The molecule has 134 valence electrons. The minimum Gasteiger partial charge on any atom is -0.322 e. The fourth-order valence-corrected chi connectivity index (χ4v) is 3.78. The SMILES string of the molecule is CCC1=C(c2ccc(Cl)cc2)Nc2nnnn2[C@@H]1c1c(C)nn(C)c1C. The number of halogens is 1. The van der Waals surface area contributed by atoms with Gasteiger partial charge in [-0.25, -0.2) is 0 Å². The molecule has 1 atom stereocenters. The number of benzene rings is 1. The summed E-state index contributed by atoms with van der Waals surface area (Å²) in [6, 6.07) is 7.73. The Kier molecular flexibility index (Phi) is 4.03. The summed E-state index contributed by atoms with van der Waals surface area (Å²) in [5.74, 6) is 0.625. The van der Waals surface area contributed by atoms with Gasteiger partial charge in [0.25, 0.3) is 0 Å². The molecule has 3 aromatic rings. The fraction of sp³-hybridized carbons (Fsp3) is 0.333. The minimum atomic E-state index is -0.0920. The van der Waals surface area contributed by atoms with Crippen molar-refractivity contribution in [3.63, 3.8) is 0 Å². The van der Waals surface area contributed by atoms with E-state index in [0.717, 1.165) is 34.6 Å². The Morgan fingerprint density at radius 2 is 1.92 bits per heavy atom. The third-order valence-electron chi connectivity index (χ3n) is 4.98. The van der Waals surface area contributed by atoms with E-state index in [1.807, 2.05) is 47.6 Å². The van der Waals surface area contributed by atoms with Crippen LogP contribution in [0.5, 0.6) is 0 Å². The third-order valence-corrected chi connectivity index (χ3v) is 5.23. The summed E-state index contributed by atoms with van der Waals surface area (Å²) in [4.78, 5) is 0. The summed E-state index contributed by atoms with van der Waals surface area (Å²) in [6.07, 6.45) is 0.850. The Bertz CT molecular complexity index is 997. The lowest BCUT2D eigenvalue weighted by atomic mass is 9.90. The lowest BCUT2D eigenvalue weighted by Crippen LogP contribution is -2.25. The number of allylic oxidation sites excluding steroid dienone is 1. The van der Waals surface area contributed by atoms with Gasteiger partial charge in [-0.2, -0.15) is 9.78 Å². The molecule has 1 aromatic carbocycles. The van der Waals surface area contributed by atoms with Crippen molar-refractivity contribution in [2.45, 2.75) is 33.2 Å². The van der Waals surface area contributed by atoms with Gasteiger partial charge in [0.2, 0.25) is 5.95 Å². The molecular formula is C18H20ClN7. The normalized spacial score (nSPS) is 16.6. The molecule has 1 N–H and O–H groups in total. The van der Waals surface area contributed by atoms with Crippen LogP contribution in [0.4, 0.5) is 5.95 Å². The second-order valence-electron chi connectivity index (χ2n) is 6.44. The van der Waals surface area contributed by atoms with E-state index in [2.05, 4.69) is 39.8 Å². The van der Waals surface area contributed by atoms with Crippen LogP contribution in [0.2, 0.25) is 5.02 Å². The molecule has 0 saturated carbocycles. The average molecular weight is 370 g/mol. The summed E-state index contributed by atoms with van der Waals surface area (Å²) < 4.78 is 3.75. The first-order valence-corrected chi connectivity index (χ1v) is 8.93. The first-order chi connectivity index (χ1) is 12.5. The highest BCUT2D eigenvalue weighted by Gasteiger charge is 2.34. The van der Waals surface area contributed by atoms with Crippen molar-refractivity contribution in [3.8, 4) is 0 Å². The van der Waals surface area contributed by atoms with Gasteiger partial charge in [-0.1, -0.05) is 35.8 Å². The smallest absolute Gasteiger partial charge is 0.248 e. The molecule has 0 saturated heterocycles. The van der Waals surface area contributed by atoms with Crippen LogP contribution in [-0.2, 0) is 7.05 Å². The number of hydrogen-bond donors (Lipinski definition) is 1. The van der Waals surface area contributed by atoms with Crippen molar-refractivity contribution >= 4 is 23.2 Å². The molecular weight excluding hydrogens is 350 g/mol. The van der Waals surface area contributed by atoms with Crippen molar-refractivity contribution < 1.29 is 0 Å². The summed E-state index contributed by atoms with van der Waals surface area (Å²) in [5, 5.41) is 21.0. The predicted octanol–water partition coefficient (Wildman–Crippen LogP) is 3.51. The summed E-state index contributed by atoms with van der Waals surface area (Å²) in [5.41, 5.74) is 6.54. The number of nitrogens with zero attached hydrogens (tertiary/aromatic N) is 6. The molecule has 3 heterocycles. The predicted molar refractivity (Wildman–Crippen MR) is 101 cm³/mol. The van der Waals surface area contributed by atoms with Gasteiger partial charge in [-0.15, -0.1) is 0 Å². The second kappa shape index (κ2) is 6.25. The maximum atomic E-state index is 6.07. The van der Waals surface area contributed by atoms with Crippen LogP contribution in [0.25, 0.3) is 5.70 Å². The van der Waals surface area contributed by atoms with E-state index in [-0.39, 0.29) is 6.04 Å². The molecule has 0 bridgehead atoms. The number of aryl methyl sites for hydroxylation is 2. The molecule has 4 rings (SSSR count). The fourth-order valence-electron chi connectivity index (χ4n) is 3.65. The minimum absolute atomic E-state index is 0.0920. The second-order valence-corrected chi connectivity index (χ2v) is 6.88. The third kappa shape index (κ3) is 2.50. The van der Waals surface area contributed by atoms with Gasteiger partial charge in [-0.05, 0) is 54.0 Å². The van der Waals surface area contributed by atoms with Crippen molar-refractivity contribution in [1.29, 1.82) is 0 Å². The quantitative estimate of drug-likeness (QED) is 0.764. The Labute approximate surface area is 156 Å². The largest absolute Gasteiger partial charge is 0.322 e. The maximum Gasteiger partial charge on any atom is 0.248 e. The van der Waals surface area contributed by atoms with Gasteiger partial charge in [0, 0.05) is 29.0 Å². The lowest BCUT2D eigenvalue weighted by molar-refractivity contribution is 0.547. The summed E-state index contributed by atoms with van der Waals surface area (Å²) >= 11 is 6.07. The first kappa shape index (κ1) is 16.8. The zero-order valence-corrected chi connectivity index (χ0v) is 15.9. The van der Waals surface area contributed by atoms with E-state index in [1.165, 1.54) is 5.57 Å². The number of hydrogen-bond acceptors (Lipinski definition) is 5. The maximum absolute atomic E-state index is 6.07. The van der Waals surface area contributed by atoms with Crippen LogP contribution in [0.1, 0.15) is 41.9 Å². The van der Waals surface area contributed by atoms with E-state index in [0.29, 0.717) is 11.0 Å².